The van der Waals surface area contributed by atoms with E-state index in [4.69, 9.17) is 4.74 Å². The second kappa shape index (κ2) is 4.73. The number of carbonyl (C=O) groups is 1. The van der Waals surface area contributed by atoms with Crippen molar-refractivity contribution in [3.63, 3.8) is 0 Å². The molecule has 2 heteroatoms. The van der Waals surface area contributed by atoms with Crippen LogP contribution >= 0.6 is 0 Å². The molecule has 1 aliphatic rings. The lowest BCUT2D eigenvalue weighted by Crippen LogP contribution is -2.02. The molecule has 0 radical (unpaired) electrons. The number of carbonyl (C=O) groups excluding carboxylic acids is 1. The molecule has 0 aliphatic carbocycles. The SMILES string of the molecule is CC1=C(c2ccccc2)[C@H](c2ccccc2)OC1=O. The average molecular weight is 250 g/mol. The van der Waals surface area contributed by atoms with Crippen molar-refractivity contribution in [1.82, 2.24) is 0 Å². The van der Waals surface area contributed by atoms with E-state index >= 15 is 0 Å². The van der Waals surface area contributed by atoms with Gasteiger partial charge in [0.05, 0.1) is 0 Å². The number of hydrogen-bond acceptors (Lipinski definition) is 2. The lowest BCUT2D eigenvalue weighted by molar-refractivity contribution is -0.139. The van der Waals surface area contributed by atoms with Crippen LogP contribution in [-0.2, 0) is 9.53 Å². The molecule has 1 aliphatic heterocycles. The zero-order valence-corrected chi connectivity index (χ0v) is 10.7. The Morgan fingerprint density at radius 3 is 2.11 bits per heavy atom. The van der Waals surface area contributed by atoms with Crippen LogP contribution in [0.2, 0.25) is 0 Å². The van der Waals surface area contributed by atoms with Crippen LogP contribution in [-0.4, -0.2) is 5.97 Å². The highest BCUT2D eigenvalue weighted by Gasteiger charge is 2.33. The maximum Gasteiger partial charge on any atom is 0.335 e. The second-order valence-electron chi connectivity index (χ2n) is 4.60. The minimum absolute atomic E-state index is 0.229. The zero-order valence-electron chi connectivity index (χ0n) is 10.7. The summed E-state index contributed by atoms with van der Waals surface area (Å²) in [6.45, 7) is 1.83. The molecule has 3 rings (SSSR count). The molecular weight excluding hydrogens is 236 g/mol. The van der Waals surface area contributed by atoms with E-state index in [0.717, 1.165) is 16.7 Å². The largest absolute Gasteiger partial charge is 0.449 e. The highest BCUT2D eigenvalue weighted by atomic mass is 16.5. The maximum atomic E-state index is 11.9. The number of ether oxygens (including phenoxy) is 1. The van der Waals surface area contributed by atoms with Gasteiger partial charge in [-0.25, -0.2) is 4.79 Å². The fraction of sp³-hybridized carbons (Fsp3) is 0.118. The first-order valence-electron chi connectivity index (χ1n) is 6.29. The van der Waals surface area contributed by atoms with Crippen LogP contribution in [0.4, 0.5) is 0 Å². The van der Waals surface area contributed by atoms with Crippen molar-refractivity contribution in [3.8, 4) is 0 Å². The van der Waals surface area contributed by atoms with Crippen LogP contribution < -0.4 is 0 Å². The number of cyclic esters (lactones) is 1. The Labute approximate surface area is 112 Å². The fourth-order valence-electron chi connectivity index (χ4n) is 2.41. The first kappa shape index (κ1) is 11.7. The molecule has 0 bridgehead atoms. The van der Waals surface area contributed by atoms with Crippen molar-refractivity contribution in [2.45, 2.75) is 13.0 Å². The quantitative estimate of drug-likeness (QED) is 0.759. The summed E-state index contributed by atoms with van der Waals surface area (Å²) in [5.41, 5.74) is 3.71. The molecule has 0 saturated heterocycles. The van der Waals surface area contributed by atoms with E-state index in [0.29, 0.717) is 5.57 Å². The maximum absolute atomic E-state index is 11.9. The standard InChI is InChI=1S/C17H14O2/c1-12-15(13-8-4-2-5-9-13)16(19-17(12)18)14-10-6-3-7-11-14/h2-11,16H,1H3/t16-/m0/s1. The van der Waals surface area contributed by atoms with Crippen LogP contribution in [0.25, 0.3) is 5.57 Å². The Hall–Kier alpha value is -2.35. The van der Waals surface area contributed by atoms with Gasteiger partial charge in [-0.15, -0.1) is 0 Å². The molecule has 0 spiro atoms. The van der Waals surface area contributed by atoms with Gasteiger partial charge in [0.15, 0.2) is 6.10 Å². The van der Waals surface area contributed by atoms with E-state index in [1.165, 1.54) is 0 Å². The Kier molecular flexibility index (Phi) is 2.92. The van der Waals surface area contributed by atoms with Crippen molar-refractivity contribution in [2.24, 2.45) is 0 Å². The molecule has 19 heavy (non-hydrogen) atoms. The molecule has 0 amide bonds. The van der Waals surface area contributed by atoms with E-state index in [-0.39, 0.29) is 12.1 Å². The number of rotatable bonds is 2. The van der Waals surface area contributed by atoms with Crippen LogP contribution in [0.15, 0.2) is 66.2 Å². The van der Waals surface area contributed by atoms with E-state index in [9.17, 15) is 4.79 Å². The van der Waals surface area contributed by atoms with Gasteiger partial charge in [0.25, 0.3) is 0 Å². The van der Waals surface area contributed by atoms with Crippen molar-refractivity contribution in [1.29, 1.82) is 0 Å². The zero-order chi connectivity index (χ0) is 13.2. The van der Waals surface area contributed by atoms with E-state index in [1.807, 2.05) is 67.6 Å². The second-order valence-corrected chi connectivity index (χ2v) is 4.60. The third-order valence-corrected chi connectivity index (χ3v) is 3.38. The normalized spacial score (nSPS) is 18.6. The van der Waals surface area contributed by atoms with Crippen molar-refractivity contribution in [3.05, 3.63) is 77.4 Å². The summed E-state index contributed by atoms with van der Waals surface area (Å²) in [5.74, 6) is -0.229. The minimum atomic E-state index is -0.295. The molecule has 2 aromatic rings. The van der Waals surface area contributed by atoms with Gasteiger partial charge in [-0.3, -0.25) is 0 Å². The summed E-state index contributed by atoms with van der Waals surface area (Å²) in [4.78, 5) is 11.9. The van der Waals surface area contributed by atoms with Gasteiger partial charge >= 0.3 is 5.97 Å². The molecule has 1 heterocycles. The van der Waals surface area contributed by atoms with Gasteiger partial charge in [-0.05, 0) is 18.1 Å². The van der Waals surface area contributed by atoms with Gasteiger partial charge < -0.3 is 4.74 Å². The molecule has 0 unspecified atom stereocenters. The van der Waals surface area contributed by atoms with E-state index < -0.39 is 0 Å². The predicted molar refractivity (Wildman–Crippen MR) is 74.3 cm³/mol. The van der Waals surface area contributed by atoms with Crippen LogP contribution in [0.1, 0.15) is 24.2 Å². The molecule has 2 nitrogen and oxygen atoms in total. The smallest absolute Gasteiger partial charge is 0.335 e. The topological polar surface area (TPSA) is 26.3 Å². The van der Waals surface area contributed by atoms with Crippen molar-refractivity contribution >= 4 is 11.5 Å². The molecule has 1 atom stereocenters. The third-order valence-electron chi connectivity index (χ3n) is 3.38. The molecule has 0 saturated carbocycles. The lowest BCUT2D eigenvalue weighted by Gasteiger charge is -2.15. The van der Waals surface area contributed by atoms with E-state index in [2.05, 4.69) is 0 Å². The lowest BCUT2D eigenvalue weighted by atomic mass is 9.93. The van der Waals surface area contributed by atoms with Crippen molar-refractivity contribution < 1.29 is 9.53 Å². The molecular formula is C17H14O2. The van der Waals surface area contributed by atoms with Crippen molar-refractivity contribution in [2.75, 3.05) is 0 Å². The molecule has 0 aromatic heterocycles. The summed E-state index contributed by atoms with van der Waals surface area (Å²) < 4.78 is 5.51. The summed E-state index contributed by atoms with van der Waals surface area (Å²) in [5, 5.41) is 0. The van der Waals surface area contributed by atoms with Crippen LogP contribution in [0.3, 0.4) is 0 Å². The van der Waals surface area contributed by atoms with Gasteiger partial charge in [0.1, 0.15) is 0 Å². The summed E-state index contributed by atoms with van der Waals surface area (Å²) in [7, 11) is 0. The summed E-state index contributed by atoms with van der Waals surface area (Å²) in [6, 6.07) is 19.8. The molecule has 0 fully saturated rings. The Balaban J connectivity index is 2.10. The van der Waals surface area contributed by atoms with Gasteiger partial charge in [0, 0.05) is 11.1 Å². The molecule has 0 N–H and O–H groups in total. The minimum Gasteiger partial charge on any atom is -0.449 e. The molecule has 2 aromatic carbocycles. The highest BCUT2D eigenvalue weighted by molar-refractivity contribution is 6.02. The van der Waals surface area contributed by atoms with Crippen LogP contribution in [0, 0.1) is 0 Å². The summed E-state index contributed by atoms with van der Waals surface area (Å²) >= 11 is 0. The first-order valence-corrected chi connectivity index (χ1v) is 6.29. The first-order chi connectivity index (χ1) is 9.27. The Bertz CT molecular complexity index is 627. The fourth-order valence-corrected chi connectivity index (χ4v) is 2.41. The molecule has 94 valence electrons. The monoisotopic (exact) mass is 250 g/mol. The average Bonchev–Trinajstić information content (AvgIpc) is 2.77. The van der Waals surface area contributed by atoms with E-state index in [1.54, 1.807) is 0 Å². The highest BCUT2D eigenvalue weighted by Crippen LogP contribution is 2.41. The van der Waals surface area contributed by atoms with Gasteiger partial charge in [-0.2, -0.15) is 0 Å². The van der Waals surface area contributed by atoms with Gasteiger partial charge in [0.2, 0.25) is 0 Å². The summed E-state index contributed by atoms with van der Waals surface area (Å²) in [6.07, 6.45) is -0.295. The Morgan fingerprint density at radius 1 is 0.895 bits per heavy atom. The Morgan fingerprint density at radius 2 is 1.47 bits per heavy atom. The number of benzene rings is 2. The van der Waals surface area contributed by atoms with Gasteiger partial charge in [-0.1, -0.05) is 60.7 Å². The predicted octanol–water partition coefficient (Wildman–Crippen LogP) is 3.76. The third kappa shape index (κ3) is 2.06. The number of hydrogen-bond donors (Lipinski definition) is 0. The van der Waals surface area contributed by atoms with Crippen LogP contribution in [0.5, 0.6) is 0 Å². The number of esters is 1.